The van der Waals surface area contributed by atoms with Gasteiger partial charge in [-0.1, -0.05) is 15.9 Å². The SMILES string of the molecule is Cc1cc(Br)ccc1NC(=O)COC(=O)c1ccc2c(c1)NC(=O)C(C)S2. The van der Waals surface area contributed by atoms with E-state index >= 15 is 0 Å². The lowest BCUT2D eigenvalue weighted by molar-refractivity contribution is -0.119. The van der Waals surface area contributed by atoms with Crippen LogP contribution >= 0.6 is 27.7 Å². The standard InChI is InChI=1S/C19H17BrN2O4S/c1-10-7-13(20)4-5-14(10)21-17(23)9-26-19(25)12-3-6-16-15(8-12)22-18(24)11(2)27-16/h3-8,11H,9H2,1-2H3,(H,21,23)(H,22,24). The van der Waals surface area contributed by atoms with E-state index in [0.29, 0.717) is 11.4 Å². The molecule has 1 atom stereocenters. The third kappa shape index (κ3) is 4.70. The van der Waals surface area contributed by atoms with Gasteiger partial charge >= 0.3 is 5.97 Å². The fourth-order valence-corrected chi connectivity index (χ4v) is 3.91. The number of carbonyl (C=O) groups excluding carboxylic acids is 3. The van der Waals surface area contributed by atoms with Gasteiger partial charge in [-0.15, -0.1) is 11.8 Å². The Morgan fingerprint density at radius 1 is 1.26 bits per heavy atom. The van der Waals surface area contributed by atoms with Crippen molar-refractivity contribution in [1.82, 2.24) is 0 Å². The molecule has 3 rings (SSSR count). The van der Waals surface area contributed by atoms with Crippen LogP contribution in [-0.4, -0.2) is 29.6 Å². The maximum Gasteiger partial charge on any atom is 0.338 e. The normalized spacial score (nSPS) is 15.5. The van der Waals surface area contributed by atoms with E-state index in [1.165, 1.54) is 11.8 Å². The van der Waals surface area contributed by atoms with Crippen LogP contribution in [0, 0.1) is 6.92 Å². The molecule has 6 nitrogen and oxygen atoms in total. The highest BCUT2D eigenvalue weighted by molar-refractivity contribution is 9.10. The number of ether oxygens (including phenoxy) is 1. The van der Waals surface area contributed by atoms with Crippen molar-refractivity contribution in [3.63, 3.8) is 0 Å². The van der Waals surface area contributed by atoms with Gasteiger partial charge in [-0.25, -0.2) is 4.79 Å². The van der Waals surface area contributed by atoms with Crippen molar-refractivity contribution in [2.24, 2.45) is 0 Å². The van der Waals surface area contributed by atoms with Crippen molar-refractivity contribution in [1.29, 1.82) is 0 Å². The van der Waals surface area contributed by atoms with E-state index < -0.39 is 18.5 Å². The third-order valence-corrected chi connectivity index (χ3v) is 5.61. The molecule has 1 aliphatic rings. The van der Waals surface area contributed by atoms with Crippen molar-refractivity contribution in [3.8, 4) is 0 Å². The molecule has 2 aromatic carbocycles. The molecule has 140 valence electrons. The number of carbonyl (C=O) groups is 3. The summed E-state index contributed by atoms with van der Waals surface area (Å²) >= 11 is 4.79. The Balaban J connectivity index is 1.60. The Morgan fingerprint density at radius 2 is 2.04 bits per heavy atom. The molecule has 27 heavy (non-hydrogen) atoms. The van der Waals surface area contributed by atoms with E-state index in [2.05, 4.69) is 26.6 Å². The zero-order chi connectivity index (χ0) is 19.6. The van der Waals surface area contributed by atoms with Gasteiger partial charge in [-0.2, -0.15) is 0 Å². The van der Waals surface area contributed by atoms with Gasteiger partial charge in [0.05, 0.1) is 16.5 Å². The molecule has 0 spiro atoms. The maximum absolute atomic E-state index is 12.2. The first-order chi connectivity index (χ1) is 12.8. The number of aryl methyl sites for hydroxylation is 1. The van der Waals surface area contributed by atoms with Crippen molar-refractivity contribution < 1.29 is 19.1 Å². The number of hydrogen-bond acceptors (Lipinski definition) is 5. The first-order valence-electron chi connectivity index (χ1n) is 8.18. The molecule has 1 aliphatic heterocycles. The van der Waals surface area contributed by atoms with Crippen molar-refractivity contribution >= 4 is 56.9 Å². The Morgan fingerprint density at radius 3 is 2.78 bits per heavy atom. The topological polar surface area (TPSA) is 84.5 Å². The van der Waals surface area contributed by atoms with E-state index in [-0.39, 0.29) is 16.7 Å². The number of halogens is 1. The minimum atomic E-state index is -0.627. The van der Waals surface area contributed by atoms with Crippen LogP contribution < -0.4 is 10.6 Å². The highest BCUT2D eigenvalue weighted by atomic mass is 79.9. The van der Waals surface area contributed by atoms with Crippen molar-refractivity contribution in [2.75, 3.05) is 17.2 Å². The van der Waals surface area contributed by atoms with Gasteiger partial charge < -0.3 is 15.4 Å². The van der Waals surface area contributed by atoms with Gasteiger partial charge in [0.2, 0.25) is 5.91 Å². The molecular weight excluding hydrogens is 432 g/mol. The fraction of sp³-hybridized carbons (Fsp3) is 0.211. The van der Waals surface area contributed by atoms with Crippen LogP contribution in [0.25, 0.3) is 0 Å². The van der Waals surface area contributed by atoms with E-state index in [1.807, 2.05) is 26.0 Å². The van der Waals surface area contributed by atoms with Crippen LogP contribution in [-0.2, 0) is 14.3 Å². The molecule has 0 aromatic heterocycles. The molecule has 1 heterocycles. The number of esters is 1. The first kappa shape index (κ1) is 19.4. The highest BCUT2D eigenvalue weighted by Gasteiger charge is 2.24. The lowest BCUT2D eigenvalue weighted by atomic mass is 10.2. The summed E-state index contributed by atoms with van der Waals surface area (Å²) in [5.41, 5.74) is 2.40. The molecule has 0 aliphatic carbocycles. The minimum absolute atomic E-state index is 0.109. The summed E-state index contributed by atoms with van der Waals surface area (Å²) in [5, 5.41) is 5.29. The molecule has 0 saturated carbocycles. The van der Waals surface area contributed by atoms with Crippen LogP contribution in [0.5, 0.6) is 0 Å². The van der Waals surface area contributed by atoms with Gasteiger partial charge in [0.25, 0.3) is 5.91 Å². The van der Waals surface area contributed by atoms with Gasteiger partial charge in [-0.05, 0) is 55.8 Å². The molecule has 2 amide bonds. The molecule has 0 saturated heterocycles. The van der Waals surface area contributed by atoms with E-state index in [0.717, 1.165) is 14.9 Å². The predicted octanol–water partition coefficient (Wildman–Crippen LogP) is 3.99. The van der Waals surface area contributed by atoms with Crippen LogP contribution in [0.15, 0.2) is 45.8 Å². The Labute approximate surface area is 169 Å². The summed E-state index contributed by atoms with van der Waals surface area (Å²) in [7, 11) is 0. The number of amides is 2. The van der Waals surface area contributed by atoms with E-state index in [9.17, 15) is 14.4 Å². The molecule has 0 fully saturated rings. The van der Waals surface area contributed by atoms with Crippen molar-refractivity contribution in [3.05, 3.63) is 52.0 Å². The number of fused-ring (bicyclic) bond motifs is 1. The smallest absolute Gasteiger partial charge is 0.338 e. The number of hydrogen-bond donors (Lipinski definition) is 2. The molecule has 2 N–H and O–H groups in total. The van der Waals surface area contributed by atoms with Crippen LogP contribution in [0.4, 0.5) is 11.4 Å². The van der Waals surface area contributed by atoms with Gasteiger partial charge in [0, 0.05) is 15.1 Å². The van der Waals surface area contributed by atoms with E-state index in [4.69, 9.17) is 4.74 Å². The quantitative estimate of drug-likeness (QED) is 0.690. The lowest BCUT2D eigenvalue weighted by Crippen LogP contribution is -2.26. The molecule has 1 unspecified atom stereocenters. The summed E-state index contributed by atoms with van der Waals surface area (Å²) < 4.78 is 6.00. The fourth-order valence-electron chi connectivity index (χ4n) is 2.50. The van der Waals surface area contributed by atoms with Gasteiger partial charge in [0.1, 0.15) is 0 Å². The Kier molecular flexibility index (Phi) is 5.86. The number of rotatable bonds is 4. The third-order valence-electron chi connectivity index (χ3n) is 3.94. The number of thioether (sulfide) groups is 1. The molecule has 8 heteroatoms. The summed E-state index contributed by atoms with van der Waals surface area (Å²) in [6, 6.07) is 10.4. The lowest BCUT2D eigenvalue weighted by Gasteiger charge is -2.21. The summed E-state index contributed by atoms with van der Waals surface area (Å²) in [6.45, 7) is 3.28. The summed E-state index contributed by atoms with van der Waals surface area (Å²) in [5.74, 6) is -1.16. The van der Waals surface area contributed by atoms with Crippen molar-refractivity contribution in [2.45, 2.75) is 24.0 Å². The number of anilines is 2. The van der Waals surface area contributed by atoms with Crippen LogP contribution in [0.1, 0.15) is 22.8 Å². The van der Waals surface area contributed by atoms with Gasteiger partial charge in [-0.3, -0.25) is 9.59 Å². The van der Waals surface area contributed by atoms with Crippen LogP contribution in [0.3, 0.4) is 0 Å². The first-order valence-corrected chi connectivity index (χ1v) is 9.85. The predicted molar refractivity (Wildman–Crippen MR) is 108 cm³/mol. The van der Waals surface area contributed by atoms with E-state index in [1.54, 1.807) is 24.3 Å². The Bertz CT molecular complexity index is 932. The second-order valence-electron chi connectivity index (χ2n) is 6.04. The largest absolute Gasteiger partial charge is 0.452 e. The monoisotopic (exact) mass is 448 g/mol. The second kappa shape index (κ2) is 8.14. The summed E-state index contributed by atoms with van der Waals surface area (Å²) in [4.78, 5) is 36.9. The van der Waals surface area contributed by atoms with Gasteiger partial charge in [0.15, 0.2) is 6.61 Å². The number of nitrogens with one attached hydrogen (secondary N) is 2. The Hall–Kier alpha value is -2.32. The zero-order valence-corrected chi connectivity index (χ0v) is 17.1. The molecule has 0 bridgehead atoms. The number of benzene rings is 2. The summed E-state index contributed by atoms with van der Waals surface area (Å²) in [6.07, 6.45) is 0. The maximum atomic E-state index is 12.2. The zero-order valence-electron chi connectivity index (χ0n) is 14.7. The average molecular weight is 449 g/mol. The molecular formula is C19H17BrN2O4S. The average Bonchev–Trinajstić information content (AvgIpc) is 2.62. The second-order valence-corrected chi connectivity index (χ2v) is 8.34. The minimum Gasteiger partial charge on any atom is -0.452 e. The molecule has 2 aromatic rings. The molecule has 0 radical (unpaired) electrons. The van der Waals surface area contributed by atoms with Crippen LogP contribution in [0.2, 0.25) is 0 Å². The highest BCUT2D eigenvalue weighted by Crippen LogP contribution is 2.36.